The van der Waals surface area contributed by atoms with Crippen LogP contribution in [0, 0.1) is 0 Å². The Kier molecular flexibility index (Phi) is 6.84. The normalized spacial score (nSPS) is 11.3. The van der Waals surface area contributed by atoms with E-state index in [0.29, 0.717) is 0 Å². The second-order valence-electron chi connectivity index (χ2n) is 12.2. The van der Waals surface area contributed by atoms with Crippen LogP contribution < -0.4 is 4.90 Å². The van der Waals surface area contributed by atoms with Gasteiger partial charge in [-0.05, 0) is 75.5 Å². The van der Waals surface area contributed by atoms with Gasteiger partial charge in [-0.2, -0.15) is 0 Å². The van der Waals surface area contributed by atoms with E-state index in [9.17, 15) is 0 Å². The molecule has 0 N–H and O–H groups in total. The second kappa shape index (κ2) is 11.8. The monoisotopic (exact) mass is 613 g/mol. The number of hydrogen-bond donors (Lipinski definition) is 0. The third-order valence-electron chi connectivity index (χ3n) is 9.27. The molecule has 9 aromatic rings. The molecule has 0 aliphatic heterocycles. The fraction of sp³-hybridized carbons (Fsp3) is 0. The molecule has 0 fully saturated rings. The van der Waals surface area contributed by atoms with Crippen molar-refractivity contribution in [2.75, 3.05) is 4.90 Å². The number of nitrogens with zero attached hydrogens (tertiary/aromatic N) is 1. The predicted octanol–water partition coefficient (Wildman–Crippen LogP) is 13.2. The molecule has 0 saturated heterocycles. The lowest BCUT2D eigenvalue weighted by Gasteiger charge is -2.28. The molecule has 0 spiro atoms. The fourth-order valence-corrected chi connectivity index (χ4v) is 6.93. The van der Waals surface area contributed by atoms with Crippen molar-refractivity contribution in [3.8, 4) is 33.6 Å². The molecule has 8 aromatic carbocycles. The average molecular weight is 614 g/mol. The molecule has 0 amide bonds. The SMILES string of the molecule is c1ccc(-c2ccc(-c3ccc(N(c4cccc5ccccc45)c4cccc5ccccc45)cc3)cc2-c2cc3ccccc3o2)cc1. The molecular formula is C46H31NO. The van der Waals surface area contributed by atoms with E-state index >= 15 is 0 Å². The number of para-hydroxylation sites is 1. The van der Waals surface area contributed by atoms with Gasteiger partial charge < -0.3 is 9.32 Å². The zero-order valence-corrected chi connectivity index (χ0v) is 26.3. The Hall–Kier alpha value is -6.38. The standard InChI is InChI=1S/C46H31NO/c1-2-12-33(13-3-1)39-29-26-36(30-42(39)46-31-37-16-6-9-23-45(37)48-46)32-24-27-38(28-25-32)47(43-21-10-17-34-14-4-7-19-40(34)43)44-22-11-18-35-15-5-8-20-41(35)44/h1-31H. The minimum Gasteiger partial charge on any atom is -0.456 e. The van der Waals surface area contributed by atoms with Crippen molar-refractivity contribution >= 4 is 49.6 Å². The van der Waals surface area contributed by atoms with Gasteiger partial charge in [0.2, 0.25) is 0 Å². The minimum atomic E-state index is 0.867. The van der Waals surface area contributed by atoms with Crippen LogP contribution in [-0.2, 0) is 0 Å². The maximum Gasteiger partial charge on any atom is 0.136 e. The van der Waals surface area contributed by atoms with E-state index in [1.54, 1.807) is 0 Å². The molecular weight excluding hydrogens is 583 g/mol. The van der Waals surface area contributed by atoms with E-state index in [4.69, 9.17) is 4.42 Å². The van der Waals surface area contributed by atoms with Crippen LogP contribution in [0.3, 0.4) is 0 Å². The van der Waals surface area contributed by atoms with Crippen LogP contribution in [0.1, 0.15) is 0 Å². The van der Waals surface area contributed by atoms with Crippen molar-refractivity contribution in [2.45, 2.75) is 0 Å². The topological polar surface area (TPSA) is 16.4 Å². The van der Waals surface area contributed by atoms with Crippen molar-refractivity contribution in [1.82, 2.24) is 0 Å². The summed E-state index contributed by atoms with van der Waals surface area (Å²) in [7, 11) is 0. The van der Waals surface area contributed by atoms with Gasteiger partial charge in [-0.25, -0.2) is 0 Å². The summed E-state index contributed by atoms with van der Waals surface area (Å²) >= 11 is 0. The molecule has 2 nitrogen and oxygen atoms in total. The molecule has 0 aliphatic rings. The van der Waals surface area contributed by atoms with Crippen molar-refractivity contribution < 1.29 is 4.42 Å². The summed E-state index contributed by atoms with van der Waals surface area (Å²) in [6, 6.07) is 66.9. The van der Waals surface area contributed by atoms with Gasteiger partial charge in [0.1, 0.15) is 11.3 Å². The highest BCUT2D eigenvalue weighted by atomic mass is 16.3. The highest BCUT2D eigenvalue weighted by Crippen LogP contribution is 2.43. The first-order valence-corrected chi connectivity index (χ1v) is 16.3. The summed E-state index contributed by atoms with van der Waals surface area (Å²) in [5.74, 6) is 0.867. The Morgan fingerprint density at radius 3 is 1.58 bits per heavy atom. The number of hydrogen-bond acceptors (Lipinski definition) is 2. The molecule has 48 heavy (non-hydrogen) atoms. The van der Waals surface area contributed by atoms with Gasteiger partial charge in [0, 0.05) is 27.4 Å². The number of anilines is 3. The Bertz CT molecular complexity index is 2440. The van der Waals surface area contributed by atoms with Crippen molar-refractivity contribution in [3.05, 3.63) is 188 Å². The zero-order chi connectivity index (χ0) is 31.9. The van der Waals surface area contributed by atoms with Crippen molar-refractivity contribution in [3.63, 3.8) is 0 Å². The lowest BCUT2D eigenvalue weighted by molar-refractivity contribution is 0.632. The molecule has 0 aliphatic carbocycles. The highest BCUT2D eigenvalue weighted by Gasteiger charge is 2.18. The first kappa shape index (κ1) is 27.9. The van der Waals surface area contributed by atoms with Crippen LogP contribution in [0.5, 0.6) is 0 Å². The van der Waals surface area contributed by atoms with Crippen molar-refractivity contribution in [1.29, 1.82) is 0 Å². The van der Waals surface area contributed by atoms with E-state index in [-0.39, 0.29) is 0 Å². The summed E-state index contributed by atoms with van der Waals surface area (Å²) in [6.07, 6.45) is 0. The summed E-state index contributed by atoms with van der Waals surface area (Å²) in [5, 5.41) is 5.96. The van der Waals surface area contributed by atoms with E-state index < -0.39 is 0 Å². The first-order chi connectivity index (χ1) is 23.8. The van der Waals surface area contributed by atoms with E-state index in [0.717, 1.165) is 61.6 Å². The number of rotatable bonds is 6. The quantitative estimate of drug-likeness (QED) is 0.185. The summed E-state index contributed by atoms with van der Waals surface area (Å²) in [6.45, 7) is 0. The Labute approximate surface area is 279 Å². The molecule has 1 heterocycles. The first-order valence-electron chi connectivity index (χ1n) is 16.3. The van der Waals surface area contributed by atoms with E-state index in [1.165, 1.54) is 21.5 Å². The Balaban J connectivity index is 1.18. The van der Waals surface area contributed by atoms with Gasteiger partial charge in [0.25, 0.3) is 0 Å². The second-order valence-corrected chi connectivity index (χ2v) is 12.2. The van der Waals surface area contributed by atoms with Crippen molar-refractivity contribution in [2.24, 2.45) is 0 Å². The molecule has 0 atom stereocenters. The van der Waals surface area contributed by atoms with E-state index in [2.05, 4.69) is 181 Å². The largest absolute Gasteiger partial charge is 0.456 e. The lowest BCUT2D eigenvalue weighted by Crippen LogP contribution is -2.11. The third-order valence-corrected chi connectivity index (χ3v) is 9.27. The maximum atomic E-state index is 6.42. The third kappa shape index (κ3) is 4.92. The van der Waals surface area contributed by atoms with Crippen LogP contribution in [0.15, 0.2) is 192 Å². The smallest absolute Gasteiger partial charge is 0.136 e. The fourth-order valence-electron chi connectivity index (χ4n) is 6.93. The van der Waals surface area contributed by atoms with Crippen LogP contribution >= 0.6 is 0 Å². The number of fused-ring (bicyclic) bond motifs is 3. The number of furan rings is 1. The summed E-state index contributed by atoms with van der Waals surface area (Å²) < 4.78 is 6.42. The molecule has 9 rings (SSSR count). The lowest BCUT2D eigenvalue weighted by atomic mass is 9.93. The van der Waals surface area contributed by atoms with Gasteiger partial charge in [-0.1, -0.05) is 146 Å². The van der Waals surface area contributed by atoms with Crippen LogP contribution in [0.4, 0.5) is 17.1 Å². The molecule has 1 aromatic heterocycles. The van der Waals surface area contributed by atoms with Gasteiger partial charge in [0.15, 0.2) is 0 Å². The Morgan fingerprint density at radius 2 is 0.917 bits per heavy atom. The maximum absolute atomic E-state index is 6.42. The predicted molar refractivity (Wildman–Crippen MR) is 202 cm³/mol. The highest BCUT2D eigenvalue weighted by molar-refractivity contribution is 6.04. The van der Waals surface area contributed by atoms with Gasteiger partial charge in [-0.3, -0.25) is 0 Å². The van der Waals surface area contributed by atoms with Crippen LogP contribution in [0.25, 0.3) is 66.1 Å². The molecule has 0 bridgehead atoms. The summed E-state index contributed by atoms with van der Waals surface area (Å²) in [5.41, 5.74) is 9.96. The molecule has 0 saturated carbocycles. The van der Waals surface area contributed by atoms with Gasteiger partial charge >= 0.3 is 0 Å². The Morgan fingerprint density at radius 1 is 0.354 bits per heavy atom. The van der Waals surface area contributed by atoms with Gasteiger partial charge in [-0.15, -0.1) is 0 Å². The molecule has 0 radical (unpaired) electrons. The van der Waals surface area contributed by atoms with Crippen LogP contribution in [-0.4, -0.2) is 0 Å². The average Bonchev–Trinajstić information content (AvgIpc) is 3.60. The summed E-state index contributed by atoms with van der Waals surface area (Å²) in [4.78, 5) is 2.40. The minimum absolute atomic E-state index is 0.867. The van der Waals surface area contributed by atoms with Gasteiger partial charge in [0.05, 0.1) is 11.4 Å². The van der Waals surface area contributed by atoms with E-state index in [1.807, 2.05) is 12.1 Å². The van der Waals surface area contributed by atoms with Crippen LogP contribution in [0.2, 0.25) is 0 Å². The molecule has 0 unspecified atom stereocenters. The molecule has 226 valence electrons. The molecule has 2 heteroatoms. The zero-order valence-electron chi connectivity index (χ0n) is 26.3. The number of benzene rings is 8.